The van der Waals surface area contributed by atoms with Crippen molar-refractivity contribution in [3.05, 3.63) is 24.3 Å². The molecule has 2 rings (SSSR count). The molecule has 1 aromatic rings. The van der Waals surface area contributed by atoms with Gasteiger partial charge >= 0.3 is 0 Å². The molecule has 1 aliphatic rings. The van der Waals surface area contributed by atoms with E-state index in [9.17, 15) is 4.79 Å². The summed E-state index contributed by atoms with van der Waals surface area (Å²) < 4.78 is 5.14. The molecule has 1 aliphatic heterocycles. The number of hydrogen-bond donors (Lipinski definition) is 1. The minimum Gasteiger partial charge on any atom is -0.508 e. The Kier molecular flexibility index (Phi) is 7.55. The molecule has 1 aromatic carbocycles. The molecule has 0 aromatic heterocycles. The van der Waals surface area contributed by atoms with Crippen LogP contribution >= 0.6 is 11.8 Å². The van der Waals surface area contributed by atoms with Gasteiger partial charge in [-0.3, -0.25) is 4.90 Å². The van der Waals surface area contributed by atoms with Crippen LogP contribution in [0.2, 0.25) is 0 Å². The third-order valence-corrected chi connectivity index (χ3v) is 3.63. The Balaban J connectivity index is 0.000000191. The first-order chi connectivity index (χ1) is 9.17. The first kappa shape index (κ1) is 16.0. The van der Waals surface area contributed by atoms with E-state index in [2.05, 4.69) is 4.90 Å². The number of ether oxygens (including phenoxy) is 1. The molecule has 19 heavy (non-hydrogen) atoms. The topological polar surface area (TPSA) is 49.8 Å². The van der Waals surface area contributed by atoms with Crippen molar-refractivity contribution in [2.75, 3.05) is 32.6 Å². The lowest BCUT2D eigenvalue weighted by atomic mass is 10.3. The van der Waals surface area contributed by atoms with Crippen LogP contribution in [0.1, 0.15) is 6.92 Å². The molecule has 0 spiro atoms. The number of phenolic OH excluding ortho intramolecular Hbond substituents is 1. The summed E-state index contributed by atoms with van der Waals surface area (Å²) in [6.07, 6.45) is 2.98. The van der Waals surface area contributed by atoms with Gasteiger partial charge in [0, 0.05) is 18.0 Å². The van der Waals surface area contributed by atoms with E-state index >= 15 is 0 Å². The van der Waals surface area contributed by atoms with Crippen molar-refractivity contribution in [3.8, 4) is 5.75 Å². The second-order valence-electron chi connectivity index (χ2n) is 4.22. The van der Waals surface area contributed by atoms with Crippen molar-refractivity contribution < 1.29 is 14.6 Å². The summed E-state index contributed by atoms with van der Waals surface area (Å²) in [6.45, 7) is 5.22. The van der Waals surface area contributed by atoms with E-state index < -0.39 is 0 Å². The van der Waals surface area contributed by atoms with Crippen LogP contribution in [0.5, 0.6) is 5.75 Å². The second kappa shape index (κ2) is 8.96. The average molecular weight is 283 g/mol. The standard InChI is InChI=1S/C7H13NO2.C7H8OS/c1-7(6-9)8-2-4-10-5-3-8;1-9-7-4-2-6(8)3-5-7/h6-7H,2-5H2,1H3;2-5,8H,1H3. The Morgan fingerprint density at radius 2 is 1.89 bits per heavy atom. The van der Waals surface area contributed by atoms with Gasteiger partial charge in [0.2, 0.25) is 0 Å². The van der Waals surface area contributed by atoms with E-state index in [0.29, 0.717) is 5.75 Å². The summed E-state index contributed by atoms with van der Waals surface area (Å²) in [7, 11) is 0. The van der Waals surface area contributed by atoms with E-state index in [1.807, 2.05) is 25.3 Å². The number of thioether (sulfide) groups is 1. The molecule has 1 unspecified atom stereocenters. The SMILES string of the molecule is CC(C=O)N1CCOCC1.CSc1ccc(O)cc1. The van der Waals surface area contributed by atoms with E-state index in [1.54, 1.807) is 23.9 Å². The largest absolute Gasteiger partial charge is 0.508 e. The monoisotopic (exact) mass is 283 g/mol. The zero-order valence-corrected chi connectivity index (χ0v) is 12.2. The smallest absolute Gasteiger partial charge is 0.136 e. The quantitative estimate of drug-likeness (QED) is 0.679. The van der Waals surface area contributed by atoms with Gasteiger partial charge in [-0.2, -0.15) is 0 Å². The number of phenols is 1. The predicted molar refractivity (Wildman–Crippen MR) is 77.8 cm³/mol. The number of aldehydes is 1. The van der Waals surface area contributed by atoms with Gasteiger partial charge < -0.3 is 14.6 Å². The van der Waals surface area contributed by atoms with Crippen LogP contribution in [0, 0.1) is 0 Å². The highest BCUT2D eigenvalue weighted by Gasteiger charge is 2.15. The second-order valence-corrected chi connectivity index (χ2v) is 5.10. The number of hydrogen-bond acceptors (Lipinski definition) is 5. The summed E-state index contributed by atoms with van der Waals surface area (Å²) in [5, 5.41) is 8.84. The molecule has 1 N–H and O–H groups in total. The predicted octanol–water partition coefficient (Wildman–Crippen LogP) is 2.02. The zero-order valence-electron chi connectivity index (χ0n) is 11.4. The van der Waals surface area contributed by atoms with Crippen LogP contribution in [0.25, 0.3) is 0 Å². The molecule has 0 amide bonds. The number of carbonyl (C=O) groups is 1. The highest BCUT2D eigenvalue weighted by atomic mass is 32.2. The maximum Gasteiger partial charge on any atom is 0.136 e. The highest BCUT2D eigenvalue weighted by molar-refractivity contribution is 7.98. The molecule has 1 fully saturated rings. The summed E-state index contributed by atoms with van der Waals surface area (Å²) in [6, 6.07) is 7.21. The molecule has 0 saturated carbocycles. The normalized spacial score (nSPS) is 17.2. The number of morpholine rings is 1. The Labute approximate surface area is 118 Å². The van der Waals surface area contributed by atoms with Crippen molar-refractivity contribution >= 4 is 18.0 Å². The fraction of sp³-hybridized carbons (Fsp3) is 0.500. The Bertz CT molecular complexity index is 363. The first-order valence-electron chi connectivity index (χ1n) is 6.27. The van der Waals surface area contributed by atoms with E-state index in [1.165, 1.54) is 4.90 Å². The summed E-state index contributed by atoms with van der Waals surface area (Å²) in [5.74, 6) is 0.327. The lowest BCUT2D eigenvalue weighted by Crippen LogP contribution is -2.42. The van der Waals surface area contributed by atoms with Gasteiger partial charge in [-0.25, -0.2) is 0 Å². The number of nitrogens with zero attached hydrogens (tertiary/aromatic N) is 1. The van der Waals surface area contributed by atoms with Crippen LogP contribution in [-0.2, 0) is 9.53 Å². The van der Waals surface area contributed by atoms with Crippen molar-refractivity contribution in [2.45, 2.75) is 17.9 Å². The molecule has 0 bridgehead atoms. The van der Waals surface area contributed by atoms with Crippen LogP contribution in [-0.4, -0.2) is 54.9 Å². The third-order valence-electron chi connectivity index (χ3n) is 2.89. The molecular formula is C14H21NO3S. The lowest BCUT2D eigenvalue weighted by molar-refractivity contribution is -0.113. The Hall–Kier alpha value is -1.04. The van der Waals surface area contributed by atoms with Crippen LogP contribution < -0.4 is 0 Å². The van der Waals surface area contributed by atoms with Gasteiger partial charge in [-0.05, 0) is 37.4 Å². The van der Waals surface area contributed by atoms with E-state index in [0.717, 1.165) is 32.6 Å². The number of benzene rings is 1. The molecule has 4 nitrogen and oxygen atoms in total. The van der Waals surface area contributed by atoms with Crippen LogP contribution in [0.4, 0.5) is 0 Å². The maximum absolute atomic E-state index is 10.3. The fourth-order valence-electron chi connectivity index (χ4n) is 1.65. The van der Waals surface area contributed by atoms with Crippen molar-refractivity contribution in [3.63, 3.8) is 0 Å². The highest BCUT2D eigenvalue weighted by Crippen LogP contribution is 2.17. The van der Waals surface area contributed by atoms with Gasteiger partial charge in [0.05, 0.1) is 19.3 Å². The van der Waals surface area contributed by atoms with Crippen LogP contribution in [0.3, 0.4) is 0 Å². The minimum absolute atomic E-state index is 0.0592. The maximum atomic E-state index is 10.3. The summed E-state index contributed by atoms with van der Waals surface area (Å²) in [5.41, 5.74) is 0. The molecule has 1 saturated heterocycles. The van der Waals surface area contributed by atoms with Crippen molar-refractivity contribution in [1.29, 1.82) is 0 Å². The van der Waals surface area contributed by atoms with E-state index in [4.69, 9.17) is 9.84 Å². The molecule has 5 heteroatoms. The number of rotatable bonds is 3. The molecule has 0 aliphatic carbocycles. The molecule has 106 valence electrons. The fourth-order valence-corrected chi connectivity index (χ4v) is 2.06. The van der Waals surface area contributed by atoms with Crippen molar-refractivity contribution in [2.24, 2.45) is 0 Å². The minimum atomic E-state index is 0.0592. The number of carbonyl (C=O) groups excluding carboxylic acids is 1. The molecular weight excluding hydrogens is 262 g/mol. The van der Waals surface area contributed by atoms with Gasteiger partial charge in [-0.15, -0.1) is 11.8 Å². The third kappa shape index (κ3) is 6.09. The first-order valence-corrected chi connectivity index (χ1v) is 7.50. The average Bonchev–Trinajstić information content (AvgIpc) is 2.49. The summed E-state index contributed by atoms with van der Waals surface area (Å²) in [4.78, 5) is 13.6. The Morgan fingerprint density at radius 3 is 2.37 bits per heavy atom. The van der Waals surface area contributed by atoms with Gasteiger partial charge in [0.25, 0.3) is 0 Å². The lowest BCUT2D eigenvalue weighted by Gasteiger charge is -2.28. The Morgan fingerprint density at radius 1 is 1.32 bits per heavy atom. The van der Waals surface area contributed by atoms with Gasteiger partial charge in [-0.1, -0.05) is 0 Å². The summed E-state index contributed by atoms with van der Waals surface area (Å²) >= 11 is 1.67. The molecule has 1 heterocycles. The van der Waals surface area contributed by atoms with Crippen molar-refractivity contribution in [1.82, 2.24) is 4.90 Å². The van der Waals surface area contributed by atoms with Crippen LogP contribution in [0.15, 0.2) is 29.2 Å². The van der Waals surface area contributed by atoms with E-state index in [-0.39, 0.29) is 6.04 Å². The van der Waals surface area contributed by atoms with Gasteiger partial charge in [0.15, 0.2) is 0 Å². The zero-order chi connectivity index (χ0) is 14.1. The molecule has 0 radical (unpaired) electrons. The number of aromatic hydroxyl groups is 1. The molecule has 1 atom stereocenters. The van der Waals surface area contributed by atoms with Gasteiger partial charge in [0.1, 0.15) is 12.0 Å².